The summed E-state index contributed by atoms with van der Waals surface area (Å²) in [6.45, 7) is 16.3. The Morgan fingerprint density at radius 1 is 1.11 bits per heavy atom. The smallest absolute Gasteiger partial charge is 0.0155 e. The van der Waals surface area contributed by atoms with Gasteiger partial charge < -0.3 is 0 Å². The van der Waals surface area contributed by atoms with Crippen LogP contribution in [0.5, 0.6) is 0 Å². The molecule has 98 valence electrons. The van der Waals surface area contributed by atoms with Crippen LogP contribution in [-0.2, 0) is 0 Å². The number of allylic oxidation sites excluding steroid dienone is 5. The van der Waals surface area contributed by atoms with Crippen LogP contribution in [0.15, 0.2) is 48.6 Å². The molecule has 0 saturated heterocycles. The summed E-state index contributed by atoms with van der Waals surface area (Å²) in [6, 6.07) is 6.42. The molecule has 1 rings (SSSR count). The van der Waals surface area contributed by atoms with Crippen molar-refractivity contribution in [1.82, 2.24) is 0 Å². The van der Waals surface area contributed by atoms with Crippen molar-refractivity contribution in [1.29, 1.82) is 0 Å². The Morgan fingerprint density at radius 3 is 2.22 bits per heavy atom. The first-order valence-electron chi connectivity index (χ1n) is 6.62. The van der Waals surface area contributed by atoms with E-state index < -0.39 is 0 Å². The fourth-order valence-corrected chi connectivity index (χ4v) is 1.64. The van der Waals surface area contributed by atoms with Gasteiger partial charge >= 0.3 is 0 Å². The topological polar surface area (TPSA) is 0 Å². The Bertz CT molecular complexity index is 445. The minimum absolute atomic E-state index is 1.07. The highest BCUT2D eigenvalue weighted by molar-refractivity contribution is 5.76. The number of hydrogen-bond donors (Lipinski definition) is 0. The second kappa shape index (κ2) is 8.52. The summed E-state index contributed by atoms with van der Waals surface area (Å²) in [6.07, 6.45) is 6.32. The third kappa shape index (κ3) is 4.75. The lowest BCUT2D eigenvalue weighted by molar-refractivity contribution is 1.31. The van der Waals surface area contributed by atoms with Crippen LogP contribution in [0.3, 0.4) is 0 Å². The monoisotopic (exact) mass is 242 g/mol. The van der Waals surface area contributed by atoms with Crippen LogP contribution < -0.4 is 0 Å². The standard InChI is InChI=1S/C16H20.C2H6/c1-6-15(11-10-12(2)3)16-9-7-8-13(4)14(16)5;1-2/h6-11H,2H2,1,3-5H3;1-2H3/b11-10-,15-6+;. The Hall–Kier alpha value is -1.56. The van der Waals surface area contributed by atoms with Crippen molar-refractivity contribution >= 4 is 5.57 Å². The Kier molecular flexibility index (Phi) is 7.78. The van der Waals surface area contributed by atoms with E-state index in [1.807, 2.05) is 20.8 Å². The van der Waals surface area contributed by atoms with E-state index in [-0.39, 0.29) is 0 Å². The van der Waals surface area contributed by atoms with E-state index in [1.165, 1.54) is 22.3 Å². The van der Waals surface area contributed by atoms with Crippen LogP contribution in [-0.4, -0.2) is 0 Å². The summed E-state index contributed by atoms with van der Waals surface area (Å²) in [7, 11) is 0. The van der Waals surface area contributed by atoms with E-state index in [2.05, 4.69) is 63.8 Å². The van der Waals surface area contributed by atoms with Crippen molar-refractivity contribution in [3.8, 4) is 0 Å². The van der Waals surface area contributed by atoms with Gasteiger partial charge in [0, 0.05) is 0 Å². The van der Waals surface area contributed by atoms with Crippen LogP contribution in [0.25, 0.3) is 5.57 Å². The number of benzene rings is 1. The highest BCUT2D eigenvalue weighted by Gasteiger charge is 2.02. The third-order valence-corrected chi connectivity index (χ3v) is 2.77. The second-order valence-electron chi connectivity index (χ2n) is 4.17. The van der Waals surface area contributed by atoms with Crippen LogP contribution in [0.1, 0.15) is 44.4 Å². The van der Waals surface area contributed by atoms with Gasteiger partial charge in [-0.25, -0.2) is 0 Å². The number of aryl methyl sites for hydroxylation is 1. The van der Waals surface area contributed by atoms with E-state index in [9.17, 15) is 0 Å². The molecule has 0 bridgehead atoms. The zero-order chi connectivity index (χ0) is 14.1. The Balaban J connectivity index is 0.00000137. The molecular formula is C18H26. The fourth-order valence-electron chi connectivity index (χ4n) is 1.64. The molecule has 0 heterocycles. The van der Waals surface area contributed by atoms with Crippen molar-refractivity contribution < 1.29 is 0 Å². The molecule has 18 heavy (non-hydrogen) atoms. The molecule has 0 spiro atoms. The molecule has 0 fully saturated rings. The molecule has 0 atom stereocenters. The summed E-state index contributed by atoms with van der Waals surface area (Å²) < 4.78 is 0. The molecule has 0 aliphatic heterocycles. The van der Waals surface area contributed by atoms with E-state index in [0.717, 1.165) is 5.57 Å². The predicted octanol–water partition coefficient (Wildman–Crippen LogP) is 5.87. The molecule has 0 aromatic heterocycles. The number of rotatable bonds is 3. The normalized spacial score (nSPS) is 11.1. The quantitative estimate of drug-likeness (QED) is 0.582. The molecular weight excluding hydrogens is 216 g/mol. The molecule has 0 aliphatic carbocycles. The van der Waals surface area contributed by atoms with Crippen LogP contribution in [0.2, 0.25) is 0 Å². The van der Waals surface area contributed by atoms with E-state index >= 15 is 0 Å². The van der Waals surface area contributed by atoms with Gasteiger partial charge in [0.05, 0.1) is 0 Å². The Morgan fingerprint density at radius 2 is 1.72 bits per heavy atom. The van der Waals surface area contributed by atoms with Gasteiger partial charge in [0.15, 0.2) is 0 Å². The first kappa shape index (κ1) is 16.4. The molecule has 0 amide bonds. The van der Waals surface area contributed by atoms with Crippen molar-refractivity contribution in [2.75, 3.05) is 0 Å². The molecule has 0 radical (unpaired) electrons. The number of hydrogen-bond acceptors (Lipinski definition) is 0. The van der Waals surface area contributed by atoms with E-state index in [0.29, 0.717) is 0 Å². The maximum absolute atomic E-state index is 3.88. The maximum atomic E-state index is 3.88. The lowest BCUT2D eigenvalue weighted by atomic mass is 9.96. The van der Waals surface area contributed by atoms with E-state index in [1.54, 1.807) is 0 Å². The van der Waals surface area contributed by atoms with Gasteiger partial charge in [0.2, 0.25) is 0 Å². The summed E-state index contributed by atoms with van der Waals surface area (Å²) >= 11 is 0. The van der Waals surface area contributed by atoms with Crippen molar-refractivity contribution in [2.24, 2.45) is 0 Å². The predicted molar refractivity (Wildman–Crippen MR) is 84.9 cm³/mol. The molecule has 0 saturated carbocycles. The van der Waals surface area contributed by atoms with Gasteiger partial charge in [0.1, 0.15) is 0 Å². The first-order valence-corrected chi connectivity index (χ1v) is 6.62. The zero-order valence-corrected chi connectivity index (χ0v) is 12.7. The molecule has 0 N–H and O–H groups in total. The molecule has 1 aromatic rings. The first-order chi connectivity index (χ1) is 8.56. The summed E-state index contributed by atoms with van der Waals surface area (Å²) in [5.41, 5.74) is 6.32. The Labute approximate surface area is 113 Å². The molecule has 0 unspecified atom stereocenters. The van der Waals surface area contributed by atoms with Crippen molar-refractivity contribution in [3.05, 3.63) is 65.3 Å². The molecule has 1 aromatic carbocycles. The molecule has 0 heteroatoms. The van der Waals surface area contributed by atoms with Gasteiger partial charge in [-0.05, 0) is 50.0 Å². The lowest BCUT2D eigenvalue weighted by Crippen LogP contribution is -1.89. The van der Waals surface area contributed by atoms with Gasteiger partial charge in [-0.1, -0.05) is 62.4 Å². The zero-order valence-electron chi connectivity index (χ0n) is 12.7. The SMILES string of the molecule is C=C(C)/C=C\C(=C/C)c1cccc(C)c1C.CC. The maximum Gasteiger partial charge on any atom is -0.0155 e. The van der Waals surface area contributed by atoms with Gasteiger partial charge in [-0.15, -0.1) is 0 Å². The highest BCUT2D eigenvalue weighted by atomic mass is 14.1. The summed E-state index contributed by atoms with van der Waals surface area (Å²) in [5, 5.41) is 0. The van der Waals surface area contributed by atoms with Gasteiger partial charge in [0.25, 0.3) is 0 Å². The minimum Gasteiger partial charge on any atom is -0.0961 e. The molecule has 0 nitrogen and oxygen atoms in total. The van der Waals surface area contributed by atoms with Crippen LogP contribution in [0, 0.1) is 13.8 Å². The average Bonchev–Trinajstić information content (AvgIpc) is 2.37. The fraction of sp³-hybridized carbons (Fsp3) is 0.333. The average molecular weight is 242 g/mol. The highest BCUT2D eigenvalue weighted by Crippen LogP contribution is 2.22. The van der Waals surface area contributed by atoms with Crippen molar-refractivity contribution in [2.45, 2.75) is 41.5 Å². The van der Waals surface area contributed by atoms with E-state index in [4.69, 9.17) is 0 Å². The van der Waals surface area contributed by atoms with Gasteiger partial charge in [-0.2, -0.15) is 0 Å². The van der Waals surface area contributed by atoms with Crippen LogP contribution in [0.4, 0.5) is 0 Å². The third-order valence-electron chi connectivity index (χ3n) is 2.77. The van der Waals surface area contributed by atoms with Gasteiger partial charge in [-0.3, -0.25) is 0 Å². The van der Waals surface area contributed by atoms with Crippen LogP contribution >= 0.6 is 0 Å². The largest absolute Gasteiger partial charge is 0.0961 e. The minimum atomic E-state index is 1.07. The lowest BCUT2D eigenvalue weighted by Gasteiger charge is -2.09. The summed E-state index contributed by atoms with van der Waals surface area (Å²) in [5.74, 6) is 0. The second-order valence-corrected chi connectivity index (χ2v) is 4.17. The van der Waals surface area contributed by atoms with Crippen molar-refractivity contribution in [3.63, 3.8) is 0 Å². The summed E-state index contributed by atoms with van der Waals surface area (Å²) in [4.78, 5) is 0. The molecule has 0 aliphatic rings.